The molecule has 5 aromatic rings. The fourth-order valence-electron chi connectivity index (χ4n) is 3.61. The molecule has 1 N–H and O–H groups in total. The summed E-state index contributed by atoms with van der Waals surface area (Å²) in [6, 6.07) is 9.60. The molecule has 0 radical (unpaired) electrons. The minimum Gasteiger partial charge on any atom is -0.493 e. The molecule has 162 valence electrons. The molecule has 0 aliphatic heterocycles. The number of nitrogens with one attached hydrogen (secondary N) is 1. The van der Waals surface area contributed by atoms with Gasteiger partial charge in [-0.1, -0.05) is 0 Å². The highest BCUT2D eigenvalue weighted by Crippen LogP contribution is 2.36. The Labute approximate surface area is 184 Å². The molecule has 0 aliphatic carbocycles. The zero-order valence-electron chi connectivity index (χ0n) is 18.0. The molecule has 5 rings (SSSR count). The number of rotatable bonds is 7. The second-order valence-electron chi connectivity index (χ2n) is 7.39. The van der Waals surface area contributed by atoms with Crippen LogP contribution in [0.15, 0.2) is 49.3 Å². The van der Waals surface area contributed by atoms with E-state index in [0.717, 1.165) is 22.0 Å². The van der Waals surface area contributed by atoms with E-state index in [4.69, 9.17) is 14.2 Å². The van der Waals surface area contributed by atoms with Gasteiger partial charge >= 0.3 is 0 Å². The molecule has 0 amide bonds. The third-order valence-corrected chi connectivity index (χ3v) is 5.42. The van der Waals surface area contributed by atoms with Crippen LogP contribution in [0.2, 0.25) is 0 Å². The molecule has 9 heteroatoms. The highest BCUT2D eigenvalue weighted by atomic mass is 16.5. The Balaban J connectivity index is 1.44. The second-order valence-corrected chi connectivity index (χ2v) is 7.39. The first-order valence-corrected chi connectivity index (χ1v) is 10.2. The van der Waals surface area contributed by atoms with Crippen LogP contribution in [0, 0.1) is 13.8 Å². The Kier molecular flexibility index (Phi) is 5.06. The molecule has 0 spiro atoms. The van der Waals surface area contributed by atoms with E-state index in [1.165, 1.54) is 18.2 Å². The fraction of sp³-hybridized carbons (Fsp3) is 0.217. The summed E-state index contributed by atoms with van der Waals surface area (Å²) in [6.07, 6.45) is 4.62. The number of methoxy groups -OCH3 is 1. The maximum atomic E-state index is 6.15. The van der Waals surface area contributed by atoms with Crippen LogP contribution in [0.3, 0.4) is 0 Å². The lowest BCUT2D eigenvalue weighted by atomic mass is 10.1. The molecular formula is C23H22N6O3. The van der Waals surface area contributed by atoms with E-state index in [1.807, 2.05) is 30.3 Å². The van der Waals surface area contributed by atoms with Crippen LogP contribution in [0.4, 0.5) is 0 Å². The van der Waals surface area contributed by atoms with Gasteiger partial charge in [0, 0.05) is 22.7 Å². The SMILES string of the molecule is COc1cc2c(Oc3ccc4[nH]c(C)c(C)c4c3)ncnc2cc1OCCn1cncn1. The van der Waals surface area contributed by atoms with Gasteiger partial charge < -0.3 is 19.2 Å². The Morgan fingerprint density at radius 1 is 1.00 bits per heavy atom. The van der Waals surface area contributed by atoms with Crippen LogP contribution in [0.25, 0.3) is 21.8 Å². The molecule has 0 bridgehead atoms. The average molecular weight is 430 g/mol. The highest BCUT2D eigenvalue weighted by Gasteiger charge is 2.14. The first kappa shape index (κ1) is 19.8. The number of aromatic nitrogens is 6. The van der Waals surface area contributed by atoms with Crippen LogP contribution in [0.1, 0.15) is 11.3 Å². The number of aromatic amines is 1. The van der Waals surface area contributed by atoms with E-state index in [0.29, 0.717) is 41.8 Å². The van der Waals surface area contributed by atoms with Crippen LogP contribution < -0.4 is 14.2 Å². The van der Waals surface area contributed by atoms with Crippen molar-refractivity contribution in [2.45, 2.75) is 20.4 Å². The second kappa shape index (κ2) is 8.18. The average Bonchev–Trinajstić information content (AvgIpc) is 3.42. The summed E-state index contributed by atoms with van der Waals surface area (Å²) in [5, 5.41) is 5.93. The summed E-state index contributed by atoms with van der Waals surface area (Å²) >= 11 is 0. The normalized spacial score (nSPS) is 11.2. The quantitative estimate of drug-likeness (QED) is 0.413. The number of aryl methyl sites for hydroxylation is 2. The van der Waals surface area contributed by atoms with Crippen LogP contribution >= 0.6 is 0 Å². The molecule has 0 fully saturated rings. The molecule has 3 aromatic heterocycles. The standard InChI is InChI=1S/C23H22N6O3/c1-14-15(2)28-19-5-4-16(8-17(14)19)32-23-18-9-21(30-3)22(10-20(18)25-12-26-23)31-7-6-29-13-24-11-27-29/h4-5,8-13,28H,6-7H2,1-3H3. The third-order valence-electron chi connectivity index (χ3n) is 5.42. The summed E-state index contributed by atoms with van der Waals surface area (Å²) in [4.78, 5) is 16.0. The maximum Gasteiger partial charge on any atom is 0.230 e. The Morgan fingerprint density at radius 3 is 2.72 bits per heavy atom. The number of fused-ring (bicyclic) bond motifs is 2. The Bertz CT molecular complexity index is 1390. The van der Waals surface area contributed by atoms with Crippen molar-refractivity contribution in [1.82, 2.24) is 29.7 Å². The van der Waals surface area contributed by atoms with E-state index in [-0.39, 0.29) is 0 Å². The lowest BCUT2D eigenvalue weighted by molar-refractivity contribution is 0.274. The Hall–Kier alpha value is -4.14. The van der Waals surface area contributed by atoms with Gasteiger partial charge in [-0.2, -0.15) is 5.10 Å². The predicted octanol–water partition coefficient (Wildman–Crippen LogP) is 4.20. The molecule has 2 aromatic carbocycles. The van der Waals surface area contributed by atoms with Crippen LogP contribution in [-0.4, -0.2) is 43.4 Å². The predicted molar refractivity (Wildman–Crippen MR) is 119 cm³/mol. The number of benzene rings is 2. The van der Waals surface area contributed by atoms with E-state index in [9.17, 15) is 0 Å². The van der Waals surface area contributed by atoms with Gasteiger partial charge in [-0.25, -0.2) is 19.6 Å². The minimum absolute atomic E-state index is 0.412. The molecule has 0 atom stereocenters. The number of nitrogens with zero attached hydrogens (tertiary/aromatic N) is 5. The first-order valence-electron chi connectivity index (χ1n) is 10.2. The summed E-state index contributed by atoms with van der Waals surface area (Å²) in [7, 11) is 1.60. The maximum absolute atomic E-state index is 6.15. The van der Waals surface area contributed by atoms with Crippen molar-refractivity contribution in [3.05, 3.63) is 60.6 Å². The molecule has 0 aliphatic rings. The van der Waals surface area contributed by atoms with Crippen LogP contribution in [-0.2, 0) is 6.54 Å². The number of ether oxygens (including phenoxy) is 3. The molecule has 32 heavy (non-hydrogen) atoms. The van der Waals surface area contributed by atoms with Gasteiger partial charge in [-0.05, 0) is 43.7 Å². The molecule has 0 unspecified atom stereocenters. The number of hydrogen-bond donors (Lipinski definition) is 1. The molecule has 0 saturated carbocycles. The van der Waals surface area contributed by atoms with Gasteiger partial charge in [-0.3, -0.25) is 0 Å². The van der Waals surface area contributed by atoms with Crippen molar-refractivity contribution in [3.8, 4) is 23.1 Å². The molecule has 9 nitrogen and oxygen atoms in total. The van der Waals surface area contributed by atoms with Gasteiger partial charge in [-0.15, -0.1) is 0 Å². The summed E-state index contributed by atoms with van der Waals surface area (Å²) in [5.41, 5.74) is 4.12. The molecule has 3 heterocycles. The van der Waals surface area contributed by atoms with Crippen molar-refractivity contribution in [3.63, 3.8) is 0 Å². The number of hydrogen-bond acceptors (Lipinski definition) is 7. The lowest BCUT2D eigenvalue weighted by Crippen LogP contribution is -2.09. The smallest absolute Gasteiger partial charge is 0.230 e. The van der Waals surface area contributed by atoms with Crippen molar-refractivity contribution in [2.75, 3.05) is 13.7 Å². The van der Waals surface area contributed by atoms with Gasteiger partial charge in [0.25, 0.3) is 0 Å². The van der Waals surface area contributed by atoms with E-state index < -0.39 is 0 Å². The van der Waals surface area contributed by atoms with Crippen molar-refractivity contribution in [2.24, 2.45) is 0 Å². The zero-order chi connectivity index (χ0) is 22.1. The fourth-order valence-corrected chi connectivity index (χ4v) is 3.61. The monoisotopic (exact) mass is 430 g/mol. The Morgan fingerprint density at radius 2 is 1.91 bits per heavy atom. The summed E-state index contributed by atoms with van der Waals surface area (Å²) in [6.45, 7) is 5.13. The van der Waals surface area contributed by atoms with E-state index >= 15 is 0 Å². The van der Waals surface area contributed by atoms with E-state index in [1.54, 1.807) is 18.1 Å². The lowest BCUT2D eigenvalue weighted by Gasteiger charge is -2.13. The molecular weight excluding hydrogens is 408 g/mol. The summed E-state index contributed by atoms with van der Waals surface area (Å²) < 4.78 is 19.3. The van der Waals surface area contributed by atoms with Crippen molar-refractivity contribution >= 4 is 21.8 Å². The minimum atomic E-state index is 0.412. The van der Waals surface area contributed by atoms with Gasteiger partial charge in [0.2, 0.25) is 5.88 Å². The summed E-state index contributed by atoms with van der Waals surface area (Å²) in [5.74, 6) is 2.31. The number of H-pyrrole nitrogens is 1. The van der Waals surface area contributed by atoms with Crippen LogP contribution in [0.5, 0.6) is 23.1 Å². The van der Waals surface area contributed by atoms with Gasteiger partial charge in [0.1, 0.15) is 31.3 Å². The third kappa shape index (κ3) is 3.68. The molecule has 0 saturated heterocycles. The van der Waals surface area contributed by atoms with Gasteiger partial charge in [0.15, 0.2) is 11.5 Å². The van der Waals surface area contributed by atoms with Crippen molar-refractivity contribution in [1.29, 1.82) is 0 Å². The zero-order valence-corrected chi connectivity index (χ0v) is 18.0. The highest BCUT2D eigenvalue weighted by molar-refractivity contribution is 5.88. The van der Waals surface area contributed by atoms with E-state index in [2.05, 4.69) is 38.9 Å². The first-order chi connectivity index (χ1) is 15.6. The van der Waals surface area contributed by atoms with Gasteiger partial charge in [0.05, 0.1) is 24.6 Å². The largest absolute Gasteiger partial charge is 0.493 e. The topological polar surface area (TPSA) is 100.0 Å². The van der Waals surface area contributed by atoms with Crippen molar-refractivity contribution < 1.29 is 14.2 Å².